The molecule has 1 atom stereocenters. The molecule has 0 radical (unpaired) electrons. The fraction of sp³-hybridized carbons (Fsp3) is 0.448. The second-order valence-corrected chi connectivity index (χ2v) is 9.65. The number of hydrogen-bond acceptors (Lipinski definition) is 9. The first-order valence-electron chi connectivity index (χ1n) is 13.4. The Bertz CT molecular complexity index is 1410. The van der Waals surface area contributed by atoms with Gasteiger partial charge in [0.1, 0.15) is 13.2 Å². The SMILES string of the molecule is CC#CCn1c(N2CCCC(N)C2)nc(NCC(=O)OCCOC)c1C(=O)NCc1nc(C)cc2ccccc12. The first-order valence-corrected chi connectivity index (χ1v) is 13.4. The van der Waals surface area contributed by atoms with Gasteiger partial charge in [0.05, 0.1) is 25.4 Å². The molecule has 40 heavy (non-hydrogen) atoms. The Hall–Kier alpha value is -4.14. The molecular weight excluding hydrogens is 510 g/mol. The fourth-order valence-electron chi connectivity index (χ4n) is 4.78. The first kappa shape index (κ1) is 28.9. The Labute approximate surface area is 234 Å². The third kappa shape index (κ3) is 7.08. The summed E-state index contributed by atoms with van der Waals surface area (Å²) < 4.78 is 11.9. The van der Waals surface area contributed by atoms with E-state index in [0.29, 0.717) is 19.1 Å². The van der Waals surface area contributed by atoms with Crippen LogP contribution in [0.1, 0.15) is 41.6 Å². The van der Waals surface area contributed by atoms with Crippen molar-refractivity contribution in [2.45, 2.75) is 45.8 Å². The number of anilines is 2. The highest BCUT2D eigenvalue weighted by molar-refractivity contribution is 5.99. The molecular formula is C29H37N7O4. The minimum absolute atomic E-state index is 0.00119. The predicted octanol–water partition coefficient (Wildman–Crippen LogP) is 2.22. The van der Waals surface area contributed by atoms with Gasteiger partial charge in [-0.2, -0.15) is 4.98 Å². The number of nitrogens with one attached hydrogen (secondary N) is 2. The molecule has 4 N–H and O–H groups in total. The monoisotopic (exact) mass is 547 g/mol. The number of carbonyl (C=O) groups is 2. The van der Waals surface area contributed by atoms with Crippen molar-refractivity contribution in [2.75, 3.05) is 50.2 Å². The molecule has 3 aromatic rings. The lowest BCUT2D eigenvalue weighted by Gasteiger charge is -2.31. The van der Waals surface area contributed by atoms with Gasteiger partial charge in [0.25, 0.3) is 5.91 Å². The number of esters is 1. The smallest absolute Gasteiger partial charge is 0.325 e. The summed E-state index contributed by atoms with van der Waals surface area (Å²) in [5, 5.41) is 8.06. The molecule has 1 unspecified atom stereocenters. The normalized spacial score (nSPS) is 14.9. The molecule has 0 saturated carbocycles. The van der Waals surface area contributed by atoms with Crippen molar-refractivity contribution in [2.24, 2.45) is 5.73 Å². The lowest BCUT2D eigenvalue weighted by Crippen LogP contribution is -2.44. The molecule has 4 rings (SSSR count). The Morgan fingerprint density at radius 2 is 2.05 bits per heavy atom. The Morgan fingerprint density at radius 1 is 1.23 bits per heavy atom. The van der Waals surface area contributed by atoms with E-state index in [-0.39, 0.29) is 49.7 Å². The summed E-state index contributed by atoms with van der Waals surface area (Å²) in [6.07, 6.45) is 1.84. The van der Waals surface area contributed by atoms with Crippen molar-refractivity contribution in [1.29, 1.82) is 0 Å². The molecule has 1 aromatic carbocycles. The van der Waals surface area contributed by atoms with E-state index in [0.717, 1.165) is 41.5 Å². The van der Waals surface area contributed by atoms with Gasteiger partial charge in [-0.3, -0.25) is 19.1 Å². The number of benzene rings is 1. The number of piperidine rings is 1. The number of ether oxygens (including phenoxy) is 2. The van der Waals surface area contributed by atoms with Gasteiger partial charge in [-0.05, 0) is 38.1 Å². The van der Waals surface area contributed by atoms with Gasteiger partial charge >= 0.3 is 5.97 Å². The number of nitrogens with zero attached hydrogens (tertiary/aromatic N) is 4. The lowest BCUT2D eigenvalue weighted by atomic mass is 10.1. The molecule has 1 fully saturated rings. The minimum atomic E-state index is -0.483. The Kier molecular flexibility index (Phi) is 9.94. The Morgan fingerprint density at radius 3 is 2.83 bits per heavy atom. The molecule has 1 amide bonds. The summed E-state index contributed by atoms with van der Waals surface area (Å²) in [6, 6.07) is 9.96. The molecule has 0 bridgehead atoms. The zero-order chi connectivity index (χ0) is 28.5. The van der Waals surface area contributed by atoms with Gasteiger partial charge in [0.15, 0.2) is 11.5 Å². The summed E-state index contributed by atoms with van der Waals surface area (Å²) in [5.41, 5.74) is 8.17. The number of aromatic nitrogens is 3. The van der Waals surface area contributed by atoms with Crippen molar-refractivity contribution in [3.8, 4) is 11.8 Å². The van der Waals surface area contributed by atoms with Gasteiger partial charge in [0, 0.05) is 37.3 Å². The molecule has 1 aliphatic rings. The third-order valence-electron chi connectivity index (χ3n) is 6.63. The van der Waals surface area contributed by atoms with Crippen molar-refractivity contribution in [1.82, 2.24) is 19.9 Å². The van der Waals surface area contributed by atoms with E-state index in [1.807, 2.05) is 37.3 Å². The second-order valence-electron chi connectivity index (χ2n) is 9.65. The maximum Gasteiger partial charge on any atom is 0.325 e. The Balaban J connectivity index is 1.65. The first-order chi connectivity index (χ1) is 19.4. The van der Waals surface area contributed by atoms with Crippen molar-refractivity contribution >= 4 is 34.4 Å². The molecule has 0 aliphatic carbocycles. The molecule has 1 saturated heterocycles. The number of nitrogens with two attached hydrogens (primary N) is 1. The average Bonchev–Trinajstić information content (AvgIpc) is 3.32. The number of aryl methyl sites for hydroxylation is 1. The predicted molar refractivity (Wildman–Crippen MR) is 154 cm³/mol. The van der Waals surface area contributed by atoms with Crippen LogP contribution in [0.3, 0.4) is 0 Å². The van der Waals surface area contributed by atoms with Crippen LogP contribution in [0, 0.1) is 18.8 Å². The van der Waals surface area contributed by atoms with Crippen LogP contribution >= 0.6 is 0 Å². The molecule has 212 valence electrons. The number of methoxy groups -OCH3 is 1. The van der Waals surface area contributed by atoms with Crippen LogP contribution in [0.2, 0.25) is 0 Å². The van der Waals surface area contributed by atoms with E-state index in [9.17, 15) is 9.59 Å². The van der Waals surface area contributed by atoms with Gasteiger partial charge in [-0.25, -0.2) is 0 Å². The molecule has 3 heterocycles. The van der Waals surface area contributed by atoms with E-state index in [4.69, 9.17) is 20.2 Å². The van der Waals surface area contributed by atoms with Crippen LogP contribution in [0.5, 0.6) is 0 Å². The van der Waals surface area contributed by atoms with Crippen LogP contribution in [0.25, 0.3) is 10.8 Å². The summed E-state index contributed by atoms with van der Waals surface area (Å²) in [5.74, 6) is 5.97. The number of pyridine rings is 1. The maximum atomic E-state index is 13.8. The summed E-state index contributed by atoms with van der Waals surface area (Å²) in [4.78, 5) is 37.6. The summed E-state index contributed by atoms with van der Waals surface area (Å²) in [6.45, 7) is 5.77. The highest BCUT2D eigenvalue weighted by atomic mass is 16.6. The number of amides is 1. The molecule has 11 heteroatoms. The number of fused-ring (bicyclic) bond motifs is 1. The second kappa shape index (κ2) is 13.8. The van der Waals surface area contributed by atoms with Gasteiger partial charge < -0.3 is 30.7 Å². The minimum Gasteiger partial charge on any atom is -0.462 e. The van der Waals surface area contributed by atoms with Gasteiger partial charge in [-0.15, -0.1) is 5.92 Å². The quantitative estimate of drug-likeness (QED) is 0.187. The standard InChI is InChI=1S/C29H37N7O4/c1-4-5-13-36-26(28(38)32-17-24-23-11-7-6-9-21(23)16-20(2)33-24)27(31-18-25(37)40-15-14-39-3)34-29(36)35-12-8-10-22(30)19-35/h6-7,9,11,16,22,31H,8,10,12-15,17-19,30H2,1-3H3,(H,32,38). The van der Waals surface area contributed by atoms with Crippen LogP contribution in [0.15, 0.2) is 30.3 Å². The highest BCUT2D eigenvalue weighted by Crippen LogP contribution is 2.27. The van der Waals surface area contributed by atoms with Crippen LogP contribution in [-0.2, 0) is 27.4 Å². The van der Waals surface area contributed by atoms with Crippen molar-refractivity contribution in [3.63, 3.8) is 0 Å². The number of rotatable bonds is 11. The van der Waals surface area contributed by atoms with Gasteiger partial charge in [-0.1, -0.05) is 30.2 Å². The zero-order valence-corrected chi connectivity index (χ0v) is 23.3. The van der Waals surface area contributed by atoms with E-state index < -0.39 is 5.97 Å². The van der Waals surface area contributed by atoms with E-state index >= 15 is 0 Å². The molecule has 1 aliphatic heterocycles. The highest BCUT2D eigenvalue weighted by Gasteiger charge is 2.28. The largest absolute Gasteiger partial charge is 0.462 e. The zero-order valence-electron chi connectivity index (χ0n) is 23.3. The summed E-state index contributed by atoms with van der Waals surface area (Å²) >= 11 is 0. The number of carbonyl (C=O) groups excluding carboxylic acids is 2. The number of imidazole rings is 1. The molecule has 11 nitrogen and oxygen atoms in total. The molecule has 0 spiro atoms. The summed E-state index contributed by atoms with van der Waals surface area (Å²) in [7, 11) is 1.53. The van der Waals surface area contributed by atoms with Crippen LogP contribution in [0.4, 0.5) is 11.8 Å². The maximum absolute atomic E-state index is 13.8. The van der Waals surface area contributed by atoms with Crippen LogP contribution < -0.4 is 21.3 Å². The fourth-order valence-corrected chi connectivity index (χ4v) is 4.78. The van der Waals surface area contributed by atoms with E-state index in [1.165, 1.54) is 7.11 Å². The molecule has 2 aromatic heterocycles. The van der Waals surface area contributed by atoms with Crippen molar-refractivity contribution < 1.29 is 19.1 Å². The van der Waals surface area contributed by atoms with Crippen molar-refractivity contribution in [3.05, 3.63) is 47.4 Å². The average molecular weight is 548 g/mol. The third-order valence-corrected chi connectivity index (χ3v) is 6.63. The topological polar surface area (TPSA) is 137 Å². The lowest BCUT2D eigenvalue weighted by molar-refractivity contribution is -0.142. The van der Waals surface area contributed by atoms with Gasteiger partial charge in [0.2, 0.25) is 5.95 Å². The number of hydrogen-bond donors (Lipinski definition) is 3. The van der Waals surface area contributed by atoms with E-state index in [2.05, 4.69) is 32.4 Å². The van der Waals surface area contributed by atoms with E-state index in [1.54, 1.807) is 11.5 Å². The van der Waals surface area contributed by atoms with Crippen LogP contribution in [-0.4, -0.2) is 72.4 Å².